The number of benzene rings is 1. The molecule has 1 N–H and O–H groups in total. The number of hydrogen-bond donors (Lipinski definition) is 1. The first-order chi connectivity index (χ1) is 10.5. The van der Waals surface area contributed by atoms with Crippen LogP contribution in [-0.2, 0) is 11.3 Å². The Morgan fingerprint density at radius 2 is 2.00 bits per heavy atom. The lowest BCUT2D eigenvalue weighted by atomic mass is 10.1. The Balaban J connectivity index is 1.88. The zero-order valence-corrected chi connectivity index (χ0v) is 13.1. The molecule has 0 aliphatic heterocycles. The van der Waals surface area contributed by atoms with E-state index in [1.165, 1.54) is 11.8 Å². The molecule has 0 saturated carbocycles. The van der Waals surface area contributed by atoms with Gasteiger partial charge in [-0.2, -0.15) is 0 Å². The number of rotatable bonds is 5. The fraction of sp³-hybridized carbons (Fsp3) is 0.294. The van der Waals surface area contributed by atoms with Gasteiger partial charge in [0.1, 0.15) is 0 Å². The first-order valence-electron chi connectivity index (χ1n) is 7.09. The topological polar surface area (TPSA) is 62.6 Å². The molecule has 0 radical (unpaired) electrons. The molecule has 5 heteroatoms. The van der Waals surface area contributed by atoms with Gasteiger partial charge < -0.3 is 14.6 Å². The van der Waals surface area contributed by atoms with Gasteiger partial charge >= 0.3 is 0 Å². The molecule has 0 unspecified atom stereocenters. The van der Waals surface area contributed by atoms with E-state index >= 15 is 0 Å². The second-order valence-electron chi connectivity index (χ2n) is 5.34. The molecule has 2 amide bonds. The van der Waals surface area contributed by atoms with Gasteiger partial charge in [0.25, 0.3) is 5.91 Å². The maximum Gasteiger partial charge on any atom is 0.287 e. The van der Waals surface area contributed by atoms with Gasteiger partial charge in [-0.3, -0.25) is 9.59 Å². The molecule has 2 aromatic rings. The van der Waals surface area contributed by atoms with Crippen molar-refractivity contribution in [2.24, 2.45) is 0 Å². The van der Waals surface area contributed by atoms with Crippen LogP contribution in [0.1, 0.15) is 27.2 Å². The SMILES string of the molecule is Cc1ccc(CN(C)C(=O)CNC(=O)c2ccco2)c(C)c1. The number of carbonyl (C=O) groups is 2. The summed E-state index contributed by atoms with van der Waals surface area (Å²) >= 11 is 0. The van der Waals surface area contributed by atoms with E-state index in [0.29, 0.717) is 6.54 Å². The van der Waals surface area contributed by atoms with Crippen LogP contribution in [0.5, 0.6) is 0 Å². The minimum atomic E-state index is -0.390. The fourth-order valence-corrected chi connectivity index (χ4v) is 2.15. The van der Waals surface area contributed by atoms with E-state index < -0.39 is 5.91 Å². The van der Waals surface area contributed by atoms with Crippen LogP contribution < -0.4 is 5.32 Å². The molecular formula is C17H20N2O3. The summed E-state index contributed by atoms with van der Waals surface area (Å²) in [7, 11) is 1.72. The van der Waals surface area contributed by atoms with Crippen molar-refractivity contribution in [3.8, 4) is 0 Å². The molecule has 116 valence electrons. The average Bonchev–Trinajstić information content (AvgIpc) is 3.01. The zero-order chi connectivity index (χ0) is 16.1. The molecule has 1 heterocycles. The second kappa shape index (κ2) is 6.93. The number of carbonyl (C=O) groups excluding carboxylic acids is 2. The molecule has 0 spiro atoms. The van der Waals surface area contributed by atoms with Crippen LogP contribution in [0.3, 0.4) is 0 Å². The summed E-state index contributed by atoms with van der Waals surface area (Å²) in [6, 6.07) is 9.32. The van der Waals surface area contributed by atoms with Crippen LogP contribution in [-0.4, -0.2) is 30.3 Å². The van der Waals surface area contributed by atoms with Crippen molar-refractivity contribution in [2.45, 2.75) is 20.4 Å². The van der Waals surface area contributed by atoms with Gasteiger partial charge in [0.05, 0.1) is 12.8 Å². The molecule has 0 fully saturated rings. The van der Waals surface area contributed by atoms with Gasteiger partial charge in [0.2, 0.25) is 5.91 Å². The fourth-order valence-electron chi connectivity index (χ4n) is 2.15. The summed E-state index contributed by atoms with van der Waals surface area (Å²) in [4.78, 5) is 25.4. The minimum absolute atomic E-state index is 0.0546. The summed E-state index contributed by atoms with van der Waals surface area (Å²) < 4.78 is 4.97. The Kier molecular flexibility index (Phi) is 4.99. The third-order valence-corrected chi connectivity index (χ3v) is 3.48. The molecular weight excluding hydrogens is 280 g/mol. The lowest BCUT2D eigenvalue weighted by Crippen LogP contribution is -2.37. The van der Waals surface area contributed by atoms with Gasteiger partial charge in [-0.25, -0.2) is 0 Å². The van der Waals surface area contributed by atoms with E-state index in [1.807, 2.05) is 26.0 Å². The Hall–Kier alpha value is -2.56. The van der Waals surface area contributed by atoms with E-state index in [1.54, 1.807) is 24.1 Å². The van der Waals surface area contributed by atoms with Crippen molar-refractivity contribution in [3.63, 3.8) is 0 Å². The standard InChI is InChI=1S/C17H20N2O3/c1-12-6-7-14(13(2)9-12)11-19(3)16(20)10-18-17(21)15-5-4-8-22-15/h4-9H,10-11H2,1-3H3,(H,18,21). The lowest BCUT2D eigenvalue weighted by molar-refractivity contribution is -0.129. The van der Waals surface area contributed by atoms with Crippen molar-refractivity contribution < 1.29 is 14.0 Å². The quantitative estimate of drug-likeness (QED) is 0.921. The van der Waals surface area contributed by atoms with E-state index in [9.17, 15) is 9.59 Å². The van der Waals surface area contributed by atoms with E-state index in [0.717, 1.165) is 11.1 Å². The number of likely N-dealkylation sites (N-methyl/N-ethyl adjacent to an activating group) is 1. The molecule has 0 aliphatic rings. The maximum atomic E-state index is 12.1. The number of amides is 2. The average molecular weight is 300 g/mol. The zero-order valence-electron chi connectivity index (χ0n) is 13.1. The molecule has 1 aromatic carbocycles. The molecule has 0 atom stereocenters. The monoisotopic (exact) mass is 300 g/mol. The summed E-state index contributed by atoms with van der Waals surface area (Å²) in [6.07, 6.45) is 1.42. The predicted molar refractivity (Wildman–Crippen MR) is 83.4 cm³/mol. The van der Waals surface area contributed by atoms with Gasteiger partial charge in [-0.15, -0.1) is 0 Å². The molecule has 0 bridgehead atoms. The van der Waals surface area contributed by atoms with Crippen molar-refractivity contribution in [1.82, 2.24) is 10.2 Å². The predicted octanol–water partition coefficient (Wildman–Crippen LogP) is 2.28. The molecule has 2 rings (SSSR count). The van der Waals surface area contributed by atoms with E-state index in [-0.39, 0.29) is 18.2 Å². The molecule has 5 nitrogen and oxygen atoms in total. The number of furan rings is 1. The molecule has 22 heavy (non-hydrogen) atoms. The number of hydrogen-bond acceptors (Lipinski definition) is 3. The highest BCUT2D eigenvalue weighted by Gasteiger charge is 2.14. The van der Waals surface area contributed by atoms with Crippen molar-refractivity contribution in [1.29, 1.82) is 0 Å². The van der Waals surface area contributed by atoms with E-state index in [4.69, 9.17) is 4.42 Å². The van der Waals surface area contributed by atoms with Crippen LogP contribution in [0.15, 0.2) is 41.0 Å². The Morgan fingerprint density at radius 3 is 2.64 bits per heavy atom. The number of nitrogens with zero attached hydrogens (tertiary/aromatic N) is 1. The summed E-state index contributed by atoms with van der Waals surface area (Å²) in [5, 5.41) is 2.55. The third-order valence-electron chi connectivity index (χ3n) is 3.48. The lowest BCUT2D eigenvalue weighted by Gasteiger charge is -2.19. The first kappa shape index (κ1) is 15.8. The molecule has 1 aromatic heterocycles. The molecule has 0 saturated heterocycles. The van der Waals surface area contributed by atoms with Gasteiger partial charge in [-0.05, 0) is 37.1 Å². The van der Waals surface area contributed by atoms with E-state index in [2.05, 4.69) is 11.4 Å². The highest BCUT2D eigenvalue weighted by molar-refractivity contribution is 5.94. The normalized spacial score (nSPS) is 10.3. The Labute approximate surface area is 129 Å². The first-order valence-corrected chi connectivity index (χ1v) is 7.09. The van der Waals surface area contributed by atoms with Crippen molar-refractivity contribution in [2.75, 3.05) is 13.6 Å². The smallest absolute Gasteiger partial charge is 0.287 e. The summed E-state index contributed by atoms with van der Waals surface area (Å²) in [5.74, 6) is -0.344. The second-order valence-corrected chi connectivity index (χ2v) is 5.34. The Morgan fingerprint density at radius 1 is 1.23 bits per heavy atom. The largest absolute Gasteiger partial charge is 0.459 e. The maximum absolute atomic E-state index is 12.1. The van der Waals surface area contributed by atoms with Gasteiger partial charge in [-0.1, -0.05) is 23.8 Å². The van der Waals surface area contributed by atoms with Gasteiger partial charge in [0, 0.05) is 13.6 Å². The Bertz CT molecular complexity index is 663. The van der Waals surface area contributed by atoms with Crippen LogP contribution in [0.2, 0.25) is 0 Å². The molecule has 0 aliphatic carbocycles. The van der Waals surface area contributed by atoms with Crippen LogP contribution in [0.25, 0.3) is 0 Å². The van der Waals surface area contributed by atoms with Crippen molar-refractivity contribution >= 4 is 11.8 Å². The number of nitrogens with one attached hydrogen (secondary N) is 1. The highest BCUT2D eigenvalue weighted by atomic mass is 16.3. The highest BCUT2D eigenvalue weighted by Crippen LogP contribution is 2.12. The van der Waals surface area contributed by atoms with Crippen LogP contribution in [0.4, 0.5) is 0 Å². The summed E-state index contributed by atoms with van der Waals surface area (Å²) in [5.41, 5.74) is 3.44. The van der Waals surface area contributed by atoms with Crippen LogP contribution in [0, 0.1) is 13.8 Å². The minimum Gasteiger partial charge on any atom is -0.459 e. The van der Waals surface area contributed by atoms with Gasteiger partial charge in [0.15, 0.2) is 5.76 Å². The number of aryl methyl sites for hydroxylation is 2. The van der Waals surface area contributed by atoms with Crippen molar-refractivity contribution in [3.05, 3.63) is 59.0 Å². The van der Waals surface area contributed by atoms with Crippen LogP contribution >= 0.6 is 0 Å². The third kappa shape index (κ3) is 3.97. The summed E-state index contributed by atoms with van der Waals surface area (Å²) in [6.45, 7) is 4.53.